The fraction of sp³-hybridized carbons (Fsp3) is 0.500. The van der Waals surface area contributed by atoms with Crippen LogP contribution in [0.3, 0.4) is 0 Å². The zero-order chi connectivity index (χ0) is 11.1. The number of nitrogens with one attached hydrogen (secondary N) is 1. The summed E-state index contributed by atoms with van der Waals surface area (Å²) < 4.78 is 1.54. The molecule has 0 radical (unpaired) electrons. The number of carboxylic acid groups (broad SMARTS) is 1. The van der Waals surface area contributed by atoms with E-state index in [1.807, 2.05) is 0 Å². The molecule has 1 rings (SSSR count). The van der Waals surface area contributed by atoms with E-state index in [1.165, 1.54) is 17.3 Å². The highest BCUT2D eigenvalue weighted by molar-refractivity contribution is 5.76. The van der Waals surface area contributed by atoms with Crippen molar-refractivity contribution in [2.24, 2.45) is 0 Å². The van der Waals surface area contributed by atoms with Gasteiger partial charge in [0.25, 0.3) is 0 Å². The minimum Gasteiger partial charge on any atom is -0.481 e. The highest BCUT2D eigenvalue weighted by Crippen LogP contribution is 1.87. The zero-order valence-electron chi connectivity index (χ0n) is 8.09. The smallest absolute Gasteiger partial charge is 0.305 e. The van der Waals surface area contributed by atoms with Crippen LogP contribution in [0.5, 0.6) is 0 Å². The third kappa shape index (κ3) is 4.75. The van der Waals surface area contributed by atoms with E-state index in [-0.39, 0.29) is 25.3 Å². The van der Waals surface area contributed by atoms with Gasteiger partial charge in [-0.25, -0.2) is 4.98 Å². The molecule has 0 aliphatic heterocycles. The molecular weight excluding hydrogens is 200 g/mol. The summed E-state index contributed by atoms with van der Waals surface area (Å²) in [5, 5.41) is 14.7. The van der Waals surface area contributed by atoms with Crippen molar-refractivity contribution in [3.8, 4) is 0 Å². The van der Waals surface area contributed by atoms with Gasteiger partial charge in [0.1, 0.15) is 12.7 Å². The van der Waals surface area contributed by atoms with E-state index in [0.29, 0.717) is 6.54 Å². The zero-order valence-corrected chi connectivity index (χ0v) is 8.09. The number of carboxylic acids is 1. The largest absolute Gasteiger partial charge is 0.481 e. The molecule has 0 aliphatic carbocycles. The molecule has 0 aliphatic rings. The number of nitrogens with zero attached hydrogens (tertiary/aromatic N) is 3. The summed E-state index contributed by atoms with van der Waals surface area (Å²) >= 11 is 0. The van der Waals surface area contributed by atoms with E-state index in [1.54, 1.807) is 0 Å². The van der Waals surface area contributed by atoms with Crippen LogP contribution < -0.4 is 5.32 Å². The van der Waals surface area contributed by atoms with E-state index in [2.05, 4.69) is 15.4 Å². The van der Waals surface area contributed by atoms with Crippen molar-refractivity contribution in [2.75, 3.05) is 6.54 Å². The molecule has 0 spiro atoms. The Bertz CT molecular complexity index is 323. The first-order chi connectivity index (χ1) is 7.18. The highest BCUT2D eigenvalue weighted by atomic mass is 16.4. The number of amides is 1. The molecule has 1 aromatic rings. The monoisotopic (exact) mass is 212 g/mol. The number of aryl methyl sites for hydroxylation is 1. The first kappa shape index (κ1) is 11.2. The van der Waals surface area contributed by atoms with Crippen LogP contribution in [0, 0.1) is 0 Å². The van der Waals surface area contributed by atoms with Crippen LogP contribution in [0.2, 0.25) is 0 Å². The lowest BCUT2D eigenvalue weighted by atomic mass is 10.3. The average Bonchev–Trinajstić information content (AvgIpc) is 2.66. The van der Waals surface area contributed by atoms with Gasteiger partial charge >= 0.3 is 5.97 Å². The maximum atomic E-state index is 11.2. The Morgan fingerprint density at radius 1 is 1.40 bits per heavy atom. The third-order valence-corrected chi connectivity index (χ3v) is 1.70. The molecule has 1 heterocycles. The predicted octanol–water partition coefficient (Wildman–Crippen LogP) is -0.741. The average molecular weight is 212 g/mol. The molecule has 0 bridgehead atoms. The molecule has 7 nitrogen and oxygen atoms in total. The lowest BCUT2D eigenvalue weighted by Gasteiger charge is -2.02. The quantitative estimate of drug-likeness (QED) is 0.647. The molecule has 2 N–H and O–H groups in total. The van der Waals surface area contributed by atoms with Gasteiger partial charge < -0.3 is 10.4 Å². The minimum absolute atomic E-state index is 0.0605. The van der Waals surface area contributed by atoms with Crippen LogP contribution in [-0.4, -0.2) is 38.3 Å². The second-order valence-electron chi connectivity index (χ2n) is 2.90. The van der Waals surface area contributed by atoms with E-state index in [9.17, 15) is 9.59 Å². The predicted molar refractivity (Wildman–Crippen MR) is 49.9 cm³/mol. The first-order valence-corrected chi connectivity index (χ1v) is 4.49. The second kappa shape index (κ2) is 5.74. The van der Waals surface area contributed by atoms with Gasteiger partial charge in [0.2, 0.25) is 5.91 Å². The van der Waals surface area contributed by atoms with E-state index < -0.39 is 5.97 Å². The number of hydrogen-bond donors (Lipinski definition) is 2. The molecule has 82 valence electrons. The molecule has 0 fully saturated rings. The fourth-order valence-corrected chi connectivity index (χ4v) is 0.962. The highest BCUT2D eigenvalue weighted by Gasteiger charge is 2.03. The molecule has 7 heteroatoms. The SMILES string of the molecule is O=C(O)CCNC(=O)CCn1cncn1. The summed E-state index contributed by atoms with van der Waals surface area (Å²) in [6.07, 6.45) is 3.12. The van der Waals surface area contributed by atoms with Crippen LogP contribution in [0.4, 0.5) is 0 Å². The normalized spacial score (nSPS) is 9.87. The molecule has 15 heavy (non-hydrogen) atoms. The lowest BCUT2D eigenvalue weighted by molar-refractivity contribution is -0.136. The van der Waals surface area contributed by atoms with Crippen molar-refractivity contribution < 1.29 is 14.7 Å². The number of carbonyl (C=O) groups is 2. The second-order valence-corrected chi connectivity index (χ2v) is 2.90. The number of aliphatic carboxylic acids is 1. The molecule has 0 saturated heterocycles. The van der Waals surface area contributed by atoms with Gasteiger partial charge in [-0.1, -0.05) is 0 Å². The van der Waals surface area contributed by atoms with Crippen molar-refractivity contribution in [3.63, 3.8) is 0 Å². The summed E-state index contributed by atoms with van der Waals surface area (Å²) in [7, 11) is 0. The lowest BCUT2D eigenvalue weighted by Crippen LogP contribution is -2.26. The Labute approximate surface area is 86.1 Å². The molecule has 0 unspecified atom stereocenters. The number of rotatable bonds is 6. The van der Waals surface area contributed by atoms with Gasteiger partial charge in [-0.15, -0.1) is 0 Å². The Morgan fingerprint density at radius 2 is 2.20 bits per heavy atom. The van der Waals surface area contributed by atoms with Gasteiger partial charge in [0, 0.05) is 13.0 Å². The van der Waals surface area contributed by atoms with E-state index in [0.717, 1.165) is 0 Å². The fourth-order valence-electron chi connectivity index (χ4n) is 0.962. The van der Waals surface area contributed by atoms with Crippen LogP contribution in [0.15, 0.2) is 12.7 Å². The Kier molecular flexibility index (Phi) is 4.27. The maximum absolute atomic E-state index is 11.2. The molecule has 0 atom stereocenters. The van der Waals surface area contributed by atoms with Gasteiger partial charge in [0.15, 0.2) is 0 Å². The molecular formula is C8H12N4O3. The van der Waals surface area contributed by atoms with E-state index in [4.69, 9.17) is 5.11 Å². The van der Waals surface area contributed by atoms with Gasteiger partial charge in [-0.2, -0.15) is 5.10 Å². The third-order valence-electron chi connectivity index (χ3n) is 1.70. The number of aromatic nitrogens is 3. The Balaban J connectivity index is 2.11. The van der Waals surface area contributed by atoms with Crippen molar-refractivity contribution in [1.82, 2.24) is 20.1 Å². The van der Waals surface area contributed by atoms with Crippen LogP contribution in [-0.2, 0) is 16.1 Å². The summed E-state index contributed by atoms with van der Waals surface area (Å²) in [5.74, 6) is -1.11. The van der Waals surface area contributed by atoms with Crippen molar-refractivity contribution >= 4 is 11.9 Å². The van der Waals surface area contributed by atoms with Crippen molar-refractivity contribution in [3.05, 3.63) is 12.7 Å². The van der Waals surface area contributed by atoms with Crippen LogP contribution in [0.25, 0.3) is 0 Å². The molecule has 1 amide bonds. The first-order valence-electron chi connectivity index (χ1n) is 4.49. The van der Waals surface area contributed by atoms with E-state index >= 15 is 0 Å². The summed E-state index contributed by atoms with van der Waals surface area (Å²) in [6, 6.07) is 0. The standard InChI is InChI=1S/C8H12N4O3/c13-7(10-3-1-8(14)15)2-4-12-6-9-5-11-12/h5-6H,1-4H2,(H,10,13)(H,14,15). The minimum atomic E-state index is -0.924. The topological polar surface area (TPSA) is 97.1 Å². The van der Waals surface area contributed by atoms with Crippen molar-refractivity contribution in [2.45, 2.75) is 19.4 Å². The maximum Gasteiger partial charge on any atom is 0.305 e. The van der Waals surface area contributed by atoms with Gasteiger partial charge in [-0.3, -0.25) is 14.3 Å². The van der Waals surface area contributed by atoms with Crippen LogP contribution in [0.1, 0.15) is 12.8 Å². The number of carbonyl (C=O) groups excluding carboxylic acids is 1. The summed E-state index contributed by atoms with van der Waals surface area (Å²) in [6.45, 7) is 0.602. The van der Waals surface area contributed by atoms with Crippen LogP contribution >= 0.6 is 0 Å². The van der Waals surface area contributed by atoms with Gasteiger partial charge in [-0.05, 0) is 0 Å². The molecule has 1 aromatic heterocycles. The Hall–Kier alpha value is -1.92. The molecule has 0 aromatic carbocycles. The number of hydrogen-bond acceptors (Lipinski definition) is 4. The van der Waals surface area contributed by atoms with Gasteiger partial charge in [0.05, 0.1) is 13.0 Å². The van der Waals surface area contributed by atoms with Crippen molar-refractivity contribution in [1.29, 1.82) is 0 Å². The Morgan fingerprint density at radius 3 is 2.80 bits per heavy atom. The molecule has 0 saturated carbocycles. The summed E-state index contributed by atoms with van der Waals surface area (Å²) in [4.78, 5) is 25.0. The summed E-state index contributed by atoms with van der Waals surface area (Å²) in [5.41, 5.74) is 0.